The number of pyridine rings is 2. The summed E-state index contributed by atoms with van der Waals surface area (Å²) in [6, 6.07) is 9.59. The summed E-state index contributed by atoms with van der Waals surface area (Å²) >= 11 is 5.56. The molecule has 0 aliphatic carbocycles. The van der Waals surface area contributed by atoms with E-state index in [0.717, 1.165) is 29.9 Å². The Morgan fingerprint density at radius 3 is 2.47 bits per heavy atom. The van der Waals surface area contributed by atoms with Crippen LogP contribution in [0, 0.1) is 17.1 Å². The van der Waals surface area contributed by atoms with Crippen molar-refractivity contribution in [3.63, 3.8) is 0 Å². The van der Waals surface area contributed by atoms with E-state index in [4.69, 9.17) is 22.2 Å². The highest BCUT2D eigenvalue weighted by molar-refractivity contribution is 7.80. The highest BCUT2D eigenvalue weighted by Crippen LogP contribution is 2.38. The molecule has 0 fully saturated rings. The number of rotatable bonds is 11. The molecule has 0 spiro atoms. The van der Waals surface area contributed by atoms with Crippen molar-refractivity contribution < 1.29 is 27.1 Å². The number of halogens is 4. The van der Waals surface area contributed by atoms with E-state index in [9.17, 15) is 22.8 Å². The standard InChI is InChI=1S/C30H31F4N5O3S/c1-5-42-15-7-6-14-38-18-21(9-13-25(38)41)23-11-10-22(17-36-23)39(29(2,3)19-40)28(43)37(4)24-12-8-20(16-35)26(27(24)31)30(32,33)34/h8-13,17-19H,5-7,14-15H2,1-4H3. The normalized spacial score (nSPS) is 11.6. The van der Waals surface area contributed by atoms with Crippen molar-refractivity contribution in [3.05, 3.63) is 76.1 Å². The molecule has 0 saturated heterocycles. The molecular weight excluding hydrogens is 586 g/mol. The Kier molecular flexibility index (Phi) is 10.8. The molecule has 2 heterocycles. The summed E-state index contributed by atoms with van der Waals surface area (Å²) in [7, 11) is 1.26. The largest absolute Gasteiger partial charge is 0.420 e. The van der Waals surface area contributed by atoms with Crippen LogP contribution < -0.4 is 15.4 Å². The van der Waals surface area contributed by atoms with Gasteiger partial charge in [0.05, 0.1) is 40.4 Å². The average molecular weight is 618 g/mol. The van der Waals surface area contributed by atoms with E-state index in [1.165, 1.54) is 44.1 Å². The highest BCUT2D eigenvalue weighted by Gasteiger charge is 2.40. The molecule has 0 bridgehead atoms. The Balaban J connectivity index is 1.95. The number of aryl methyl sites for hydroxylation is 1. The van der Waals surface area contributed by atoms with Gasteiger partial charge in [0, 0.05) is 44.6 Å². The van der Waals surface area contributed by atoms with E-state index in [0.29, 0.717) is 43.0 Å². The van der Waals surface area contributed by atoms with Gasteiger partial charge < -0.3 is 23.9 Å². The van der Waals surface area contributed by atoms with Gasteiger partial charge in [0.15, 0.2) is 10.9 Å². The number of hydrogen-bond acceptors (Lipinski definition) is 6. The molecule has 0 aliphatic heterocycles. The highest BCUT2D eigenvalue weighted by atomic mass is 32.1. The number of carbonyl (C=O) groups excluding carboxylic acids is 1. The second-order valence-electron chi connectivity index (χ2n) is 10.1. The molecule has 2 aromatic heterocycles. The van der Waals surface area contributed by atoms with Crippen LogP contribution in [0.2, 0.25) is 0 Å². The molecule has 0 radical (unpaired) electrons. The van der Waals surface area contributed by atoms with Crippen LogP contribution in [0.25, 0.3) is 11.3 Å². The topological polar surface area (TPSA) is 91.5 Å². The number of nitriles is 1. The van der Waals surface area contributed by atoms with Gasteiger partial charge in [-0.15, -0.1) is 0 Å². The Bertz CT molecular complexity index is 1570. The number of aromatic nitrogens is 2. The first kappa shape index (κ1) is 33.4. The van der Waals surface area contributed by atoms with E-state index in [1.807, 2.05) is 6.92 Å². The van der Waals surface area contributed by atoms with Crippen LogP contribution in [-0.4, -0.2) is 46.8 Å². The van der Waals surface area contributed by atoms with Gasteiger partial charge >= 0.3 is 6.18 Å². The fourth-order valence-electron chi connectivity index (χ4n) is 4.37. The third-order valence-electron chi connectivity index (χ3n) is 6.66. The molecule has 0 saturated carbocycles. The lowest BCUT2D eigenvalue weighted by Gasteiger charge is -2.39. The monoisotopic (exact) mass is 617 g/mol. The van der Waals surface area contributed by atoms with Crippen molar-refractivity contribution >= 4 is 35.0 Å². The minimum atomic E-state index is -5.12. The second kappa shape index (κ2) is 13.9. The Morgan fingerprint density at radius 1 is 1.16 bits per heavy atom. The minimum Gasteiger partial charge on any atom is -0.382 e. The lowest BCUT2D eigenvalue weighted by molar-refractivity contribution is -0.140. The van der Waals surface area contributed by atoms with E-state index in [-0.39, 0.29) is 10.7 Å². The van der Waals surface area contributed by atoms with Gasteiger partial charge in [-0.3, -0.25) is 9.78 Å². The molecule has 1 aromatic carbocycles. The summed E-state index contributed by atoms with van der Waals surface area (Å²) in [4.78, 5) is 31.3. The van der Waals surface area contributed by atoms with Crippen LogP contribution in [0.1, 0.15) is 44.7 Å². The minimum absolute atomic E-state index is 0.159. The quantitative estimate of drug-likeness (QED) is 0.113. The molecule has 0 N–H and O–H groups in total. The molecule has 228 valence electrons. The maximum absolute atomic E-state index is 15.2. The predicted molar refractivity (Wildman–Crippen MR) is 159 cm³/mol. The predicted octanol–water partition coefficient (Wildman–Crippen LogP) is 5.96. The number of hydrogen-bond donors (Lipinski definition) is 0. The van der Waals surface area contributed by atoms with Gasteiger partial charge in [0.2, 0.25) is 0 Å². The van der Waals surface area contributed by atoms with E-state index in [2.05, 4.69) is 4.98 Å². The number of alkyl halides is 3. The average Bonchev–Trinajstić information content (AvgIpc) is 2.97. The molecule has 8 nitrogen and oxygen atoms in total. The van der Waals surface area contributed by atoms with Gasteiger partial charge in [0.1, 0.15) is 11.8 Å². The lowest BCUT2D eigenvalue weighted by atomic mass is 10.0. The van der Waals surface area contributed by atoms with Crippen molar-refractivity contribution in [1.29, 1.82) is 5.26 Å². The smallest absolute Gasteiger partial charge is 0.382 e. The maximum atomic E-state index is 15.2. The maximum Gasteiger partial charge on any atom is 0.420 e. The molecule has 0 unspecified atom stereocenters. The zero-order valence-electron chi connectivity index (χ0n) is 24.1. The van der Waals surface area contributed by atoms with Crippen LogP contribution in [0.3, 0.4) is 0 Å². The fraction of sp³-hybridized carbons (Fsp3) is 0.367. The summed E-state index contributed by atoms with van der Waals surface area (Å²) in [5.74, 6) is -1.67. The second-order valence-corrected chi connectivity index (χ2v) is 10.5. The van der Waals surface area contributed by atoms with Crippen molar-refractivity contribution in [2.24, 2.45) is 0 Å². The zero-order valence-corrected chi connectivity index (χ0v) is 24.9. The molecule has 0 atom stereocenters. The number of carbonyl (C=O) groups is 1. The fourth-order valence-corrected chi connectivity index (χ4v) is 4.81. The number of ether oxygens (including phenoxy) is 1. The molecule has 0 amide bonds. The van der Waals surface area contributed by atoms with Gasteiger partial charge in [-0.05, 0) is 76.2 Å². The van der Waals surface area contributed by atoms with Crippen molar-refractivity contribution in [2.45, 2.75) is 51.9 Å². The molecule has 43 heavy (non-hydrogen) atoms. The van der Waals surface area contributed by atoms with Crippen molar-refractivity contribution in [3.8, 4) is 17.3 Å². The first-order valence-electron chi connectivity index (χ1n) is 13.4. The van der Waals surface area contributed by atoms with E-state index < -0.39 is 34.3 Å². The summed E-state index contributed by atoms with van der Waals surface area (Å²) in [5.41, 5.74) is -3.09. The Labute approximate surface area is 252 Å². The number of benzene rings is 1. The van der Waals surface area contributed by atoms with Crippen molar-refractivity contribution in [2.75, 3.05) is 30.1 Å². The van der Waals surface area contributed by atoms with Gasteiger partial charge in [-0.25, -0.2) is 4.39 Å². The van der Waals surface area contributed by atoms with Crippen LogP contribution in [0.5, 0.6) is 0 Å². The number of aldehydes is 1. The Morgan fingerprint density at radius 2 is 1.88 bits per heavy atom. The summed E-state index contributed by atoms with van der Waals surface area (Å²) in [6.07, 6.45) is 0.148. The van der Waals surface area contributed by atoms with Crippen molar-refractivity contribution in [1.82, 2.24) is 9.55 Å². The van der Waals surface area contributed by atoms with Crippen LogP contribution in [0.15, 0.2) is 53.6 Å². The number of anilines is 2. The van der Waals surface area contributed by atoms with Crippen LogP contribution >= 0.6 is 12.2 Å². The van der Waals surface area contributed by atoms with Crippen LogP contribution in [-0.2, 0) is 22.3 Å². The van der Waals surface area contributed by atoms with Crippen LogP contribution in [0.4, 0.5) is 28.9 Å². The van der Waals surface area contributed by atoms with Gasteiger partial charge in [-0.1, -0.05) is 0 Å². The third kappa shape index (κ3) is 7.63. The molecule has 3 aromatic rings. The number of nitrogens with zero attached hydrogens (tertiary/aromatic N) is 5. The zero-order chi connectivity index (χ0) is 31.9. The summed E-state index contributed by atoms with van der Waals surface area (Å²) in [6.45, 7) is 6.73. The van der Waals surface area contributed by atoms with E-state index in [1.54, 1.807) is 29.0 Å². The van der Waals surface area contributed by atoms with Gasteiger partial charge in [-0.2, -0.15) is 18.4 Å². The summed E-state index contributed by atoms with van der Waals surface area (Å²) in [5, 5.41) is 8.90. The Hall–Kier alpha value is -4.15. The van der Waals surface area contributed by atoms with Gasteiger partial charge in [0.25, 0.3) is 5.56 Å². The lowest BCUT2D eigenvalue weighted by Crippen LogP contribution is -2.54. The first-order chi connectivity index (χ1) is 20.3. The SMILES string of the molecule is CCOCCCCn1cc(-c2ccc(N(C(=S)N(C)c3ccc(C#N)c(C(F)(F)F)c3F)C(C)(C)C=O)cn2)ccc1=O. The number of unbranched alkanes of at least 4 members (excludes halogenated alkanes) is 1. The molecule has 0 aliphatic rings. The summed E-state index contributed by atoms with van der Waals surface area (Å²) < 4.78 is 62.9. The molecule has 3 rings (SSSR count). The molecule has 13 heteroatoms. The molecular formula is C30H31F4N5O3S. The third-order valence-corrected chi connectivity index (χ3v) is 7.11. The first-order valence-corrected chi connectivity index (χ1v) is 13.8. The van der Waals surface area contributed by atoms with E-state index >= 15 is 4.39 Å². The number of thiocarbonyl (C=S) groups is 1.